The number of rotatable bonds is 9. The topological polar surface area (TPSA) is 108 Å². The van der Waals surface area contributed by atoms with Gasteiger partial charge in [0.1, 0.15) is 39.7 Å². The Balaban J connectivity index is 1.55. The molecule has 1 amide bonds. The highest BCUT2D eigenvalue weighted by molar-refractivity contribution is 7.93. The second kappa shape index (κ2) is 12.9. The van der Waals surface area contributed by atoms with Crippen molar-refractivity contribution in [1.29, 1.82) is 0 Å². The van der Waals surface area contributed by atoms with Gasteiger partial charge in [-0.15, -0.1) is 11.3 Å². The van der Waals surface area contributed by atoms with Gasteiger partial charge in [0, 0.05) is 55.2 Å². The molecule has 1 aromatic heterocycles. The first-order valence-electron chi connectivity index (χ1n) is 13.1. The summed E-state index contributed by atoms with van der Waals surface area (Å²) in [5, 5.41) is 1.70. The average molecular weight is 642 g/mol. The molecule has 1 aliphatic rings. The van der Waals surface area contributed by atoms with Crippen molar-refractivity contribution in [2.75, 3.05) is 31.6 Å². The average Bonchev–Trinajstić information content (AvgIpc) is 3.47. The fraction of sp³-hybridized carbons (Fsp3) is 0.429. The van der Waals surface area contributed by atoms with E-state index in [1.807, 2.05) is 0 Å². The van der Waals surface area contributed by atoms with Gasteiger partial charge in [-0.2, -0.15) is 0 Å². The number of hydrogen-bond acceptors (Lipinski definition) is 9. The number of aromatic nitrogens is 1. The van der Waals surface area contributed by atoms with Crippen molar-refractivity contribution < 1.29 is 36.6 Å². The summed E-state index contributed by atoms with van der Waals surface area (Å²) in [4.78, 5) is 17.5. The summed E-state index contributed by atoms with van der Waals surface area (Å²) in [6.45, 7) is 6.00. The monoisotopic (exact) mass is 641 g/mol. The van der Waals surface area contributed by atoms with E-state index in [9.17, 15) is 13.2 Å². The van der Waals surface area contributed by atoms with E-state index in [2.05, 4.69) is 4.98 Å². The van der Waals surface area contributed by atoms with Crippen LogP contribution in [-0.4, -0.2) is 63.4 Å². The second-order valence-electron chi connectivity index (χ2n) is 10.5. The molecular weight excluding hydrogens is 609 g/mol. The van der Waals surface area contributed by atoms with Crippen LogP contribution >= 0.6 is 22.9 Å². The normalized spacial score (nSPS) is 14.4. The number of ether oxygens (including phenoxy) is 4. The molecule has 3 aromatic rings. The van der Waals surface area contributed by atoms with Crippen molar-refractivity contribution in [1.82, 2.24) is 9.88 Å². The summed E-state index contributed by atoms with van der Waals surface area (Å²) in [6.07, 6.45) is 1.65. The lowest BCUT2D eigenvalue weighted by molar-refractivity contribution is 0.0126. The third kappa shape index (κ3) is 7.37. The molecule has 0 bridgehead atoms. The number of thiazole rings is 1. The fourth-order valence-electron chi connectivity index (χ4n) is 4.31. The summed E-state index contributed by atoms with van der Waals surface area (Å²) < 4.78 is 66.3. The number of anilines is 1. The first kappa shape index (κ1) is 31.6. The number of halogens is 2. The highest BCUT2D eigenvalue weighted by atomic mass is 35.5. The third-order valence-electron chi connectivity index (χ3n) is 6.38. The van der Waals surface area contributed by atoms with E-state index < -0.39 is 32.4 Å². The summed E-state index contributed by atoms with van der Waals surface area (Å²) in [5.74, 6) is -0.0837. The number of hydrogen-bond donors (Lipinski definition) is 0. The van der Waals surface area contributed by atoms with Gasteiger partial charge in [-0.1, -0.05) is 11.6 Å². The van der Waals surface area contributed by atoms with Gasteiger partial charge in [-0.05, 0) is 39.0 Å². The van der Waals surface area contributed by atoms with Crippen molar-refractivity contribution in [3.8, 4) is 17.2 Å². The van der Waals surface area contributed by atoms with Crippen LogP contribution < -0.4 is 18.5 Å². The molecule has 0 aliphatic carbocycles. The van der Waals surface area contributed by atoms with Crippen LogP contribution in [0.3, 0.4) is 0 Å². The van der Waals surface area contributed by atoms with Crippen molar-refractivity contribution in [3.63, 3.8) is 0 Å². The Labute approximate surface area is 254 Å². The quantitative estimate of drug-likeness (QED) is 0.275. The van der Waals surface area contributed by atoms with Crippen LogP contribution in [-0.2, 0) is 21.3 Å². The van der Waals surface area contributed by atoms with Gasteiger partial charge < -0.3 is 23.8 Å². The van der Waals surface area contributed by atoms with Crippen LogP contribution in [0.25, 0.3) is 0 Å². The molecule has 0 radical (unpaired) electrons. The first-order valence-corrected chi connectivity index (χ1v) is 15.8. The second-order valence-corrected chi connectivity index (χ2v) is 13.6. The number of carbonyl (C=O) groups is 1. The van der Waals surface area contributed by atoms with Crippen LogP contribution in [0, 0.1) is 5.82 Å². The van der Waals surface area contributed by atoms with Crippen LogP contribution in [0.1, 0.15) is 39.2 Å². The number of piperidine rings is 1. The zero-order valence-corrected chi connectivity index (χ0v) is 26.3. The number of likely N-dealkylation sites (tertiary alicyclic amines) is 1. The maximum Gasteiger partial charge on any atom is 0.410 e. The number of sulfonamides is 1. The SMILES string of the molecule is COc1ccc(CN(c2nccs2)S(=O)(=O)c2cc(Cl)c(OC3CCN(C(=O)OC(C)(C)C)CC3)cc2F)c(OC)c1. The largest absolute Gasteiger partial charge is 0.497 e. The third-order valence-corrected chi connectivity index (χ3v) is 9.34. The number of nitrogens with zero attached hydrogens (tertiary/aromatic N) is 3. The minimum absolute atomic E-state index is 0.0152. The Morgan fingerprint density at radius 3 is 2.45 bits per heavy atom. The van der Waals surface area contributed by atoms with Crippen LogP contribution in [0.2, 0.25) is 5.02 Å². The van der Waals surface area contributed by atoms with Crippen LogP contribution in [0.15, 0.2) is 46.8 Å². The molecule has 0 unspecified atom stereocenters. The highest BCUT2D eigenvalue weighted by Crippen LogP contribution is 2.36. The van der Waals surface area contributed by atoms with Crippen LogP contribution in [0.5, 0.6) is 17.2 Å². The maximum atomic E-state index is 15.5. The van der Waals surface area contributed by atoms with Gasteiger partial charge in [0.25, 0.3) is 10.0 Å². The Morgan fingerprint density at radius 2 is 1.86 bits per heavy atom. The molecule has 0 saturated carbocycles. The zero-order chi connectivity index (χ0) is 30.7. The molecular formula is C28H33ClFN3O7S2. The Bertz CT molecular complexity index is 1510. The molecule has 2 heterocycles. The molecule has 0 atom stereocenters. The van der Waals surface area contributed by atoms with Crippen molar-refractivity contribution >= 4 is 44.2 Å². The molecule has 0 spiro atoms. The van der Waals surface area contributed by atoms with E-state index >= 15 is 4.39 Å². The van der Waals surface area contributed by atoms with E-state index in [1.54, 1.807) is 49.3 Å². The Kier molecular flexibility index (Phi) is 9.74. The summed E-state index contributed by atoms with van der Waals surface area (Å²) in [5.41, 5.74) is -0.0887. The molecule has 10 nitrogen and oxygen atoms in total. The number of amides is 1. The van der Waals surface area contributed by atoms with Gasteiger partial charge in [-0.25, -0.2) is 26.9 Å². The number of methoxy groups -OCH3 is 2. The lowest BCUT2D eigenvalue weighted by Gasteiger charge is -2.33. The minimum atomic E-state index is -4.48. The van der Waals surface area contributed by atoms with Crippen LogP contribution in [0.4, 0.5) is 14.3 Å². The van der Waals surface area contributed by atoms with E-state index in [4.69, 9.17) is 30.5 Å². The van der Waals surface area contributed by atoms with Crippen molar-refractivity contribution in [2.45, 2.75) is 56.8 Å². The van der Waals surface area contributed by atoms with E-state index in [0.717, 1.165) is 27.8 Å². The zero-order valence-electron chi connectivity index (χ0n) is 23.9. The fourth-order valence-corrected chi connectivity index (χ4v) is 6.93. The predicted octanol–water partition coefficient (Wildman–Crippen LogP) is 6.13. The van der Waals surface area contributed by atoms with Crippen molar-refractivity contribution in [3.05, 3.63) is 58.3 Å². The van der Waals surface area contributed by atoms with Gasteiger partial charge in [0.05, 0.1) is 25.8 Å². The van der Waals surface area contributed by atoms with E-state index in [1.165, 1.54) is 20.4 Å². The van der Waals surface area contributed by atoms with Gasteiger partial charge in [0.15, 0.2) is 5.13 Å². The molecule has 1 saturated heterocycles. The highest BCUT2D eigenvalue weighted by Gasteiger charge is 2.33. The molecule has 42 heavy (non-hydrogen) atoms. The van der Waals surface area contributed by atoms with Crippen molar-refractivity contribution in [2.24, 2.45) is 0 Å². The number of carbonyl (C=O) groups excluding carboxylic acids is 1. The van der Waals surface area contributed by atoms with Gasteiger partial charge in [0.2, 0.25) is 0 Å². The van der Waals surface area contributed by atoms with E-state index in [-0.39, 0.29) is 28.6 Å². The van der Waals surface area contributed by atoms with E-state index in [0.29, 0.717) is 43.0 Å². The summed E-state index contributed by atoms with van der Waals surface area (Å²) in [7, 11) is -1.51. The molecule has 0 N–H and O–H groups in total. The maximum absolute atomic E-state index is 15.5. The molecule has 2 aromatic carbocycles. The molecule has 228 valence electrons. The Hall–Kier alpha value is -3.29. The summed E-state index contributed by atoms with van der Waals surface area (Å²) in [6, 6.07) is 6.99. The predicted molar refractivity (Wildman–Crippen MR) is 158 cm³/mol. The molecule has 1 fully saturated rings. The number of benzene rings is 2. The molecule has 4 rings (SSSR count). The Morgan fingerprint density at radius 1 is 1.14 bits per heavy atom. The minimum Gasteiger partial charge on any atom is -0.497 e. The lowest BCUT2D eigenvalue weighted by atomic mass is 10.1. The standard InChI is InChI=1S/C28H33ClFN3O7S2/c1-28(2,3)40-27(34)32-11-8-19(9-12-32)39-24-16-22(30)25(15-21(24)29)42(35,36)33(26-31-10-13-41-26)17-18-6-7-20(37-4)14-23(18)38-5/h6-7,10,13-16,19H,8-9,11-12,17H2,1-5H3. The first-order chi connectivity index (χ1) is 19.8. The molecule has 1 aliphatic heterocycles. The molecule has 14 heteroatoms. The summed E-state index contributed by atoms with van der Waals surface area (Å²) >= 11 is 7.53. The smallest absolute Gasteiger partial charge is 0.410 e. The lowest BCUT2D eigenvalue weighted by Crippen LogP contribution is -2.44. The van der Waals surface area contributed by atoms with Gasteiger partial charge in [-0.3, -0.25) is 0 Å². The van der Waals surface area contributed by atoms with Gasteiger partial charge >= 0.3 is 6.09 Å².